The molecule has 82 valence electrons. The highest BCUT2D eigenvalue weighted by molar-refractivity contribution is 6.30. The van der Waals surface area contributed by atoms with Gasteiger partial charge in [-0.25, -0.2) is 10.5 Å². The van der Waals surface area contributed by atoms with Crippen LogP contribution in [-0.2, 0) is 0 Å². The Hall–Kier alpha value is -1.85. The summed E-state index contributed by atoms with van der Waals surface area (Å²) in [7, 11) is 0. The summed E-state index contributed by atoms with van der Waals surface area (Å²) in [6.45, 7) is 0. The molecule has 2 aromatic rings. The molecule has 0 aliphatic heterocycles. The highest BCUT2D eigenvalue weighted by atomic mass is 35.5. The zero-order valence-electron chi connectivity index (χ0n) is 8.22. The van der Waals surface area contributed by atoms with E-state index in [2.05, 4.69) is 5.10 Å². The van der Waals surface area contributed by atoms with E-state index in [4.69, 9.17) is 17.4 Å². The molecule has 1 aromatic heterocycles. The number of nitrogens with one attached hydrogen (secondary N) is 1. The zero-order valence-corrected chi connectivity index (χ0v) is 8.98. The first-order chi connectivity index (χ1) is 7.70. The fourth-order valence-electron chi connectivity index (χ4n) is 1.26. The van der Waals surface area contributed by atoms with E-state index in [1.165, 1.54) is 6.20 Å². The van der Waals surface area contributed by atoms with E-state index in [0.717, 1.165) is 5.69 Å². The van der Waals surface area contributed by atoms with Crippen LogP contribution in [-0.4, -0.2) is 15.7 Å². The maximum Gasteiger partial charge on any atom is 0.268 e. The molecule has 6 heteroatoms. The number of halogens is 1. The van der Waals surface area contributed by atoms with Gasteiger partial charge in [0.05, 0.1) is 17.4 Å². The summed E-state index contributed by atoms with van der Waals surface area (Å²) >= 11 is 5.77. The Kier molecular flexibility index (Phi) is 2.89. The summed E-state index contributed by atoms with van der Waals surface area (Å²) in [5.41, 5.74) is 3.26. The Bertz CT molecular complexity index is 506. The number of hydrogen-bond donors (Lipinski definition) is 2. The van der Waals surface area contributed by atoms with Crippen molar-refractivity contribution in [3.8, 4) is 5.69 Å². The smallest absolute Gasteiger partial charge is 0.268 e. The van der Waals surface area contributed by atoms with Crippen LogP contribution in [0.15, 0.2) is 36.7 Å². The summed E-state index contributed by atoms with van der Waals surface area (Å²) in [5, 5.41) is 4.69. The van der Waals surface area contributed by atoms with Gasteiger partial charge < -0.3 is 0 Å². The number of rotatable bonds is 2. The lowest BCUT2D eigenvalue weighted by Crippen LogP contribution is -2.29. The number of aromatic nitrogens is 2. The summed E-state index contributed by atoms with van der Waals surface area (Å²) in [4.78, 5) is 11.2. The molecular weight excluding hydrogens is 228 g/mol. The van der Waals surface area contributed by atoms with Crippen molar-refractivity contribution in [2.45, 2.75) is 0 Å². The highest BCUT2D eigenvalue weighted by Gasteiger charge is 2.07. The molecular formula is C10H9ClN4O. The van der Waals surface area contributed by atoms with Crippen molar-refractivity contribution in [3.05, 3.63) is 47.2 Å². The standard InChI is InChI=1S/C10H9ClN4O/c11-8-1-3-9(4-2-8)15-6-7(5-13-15)10(16)14-12/h1-6H,12H2,(H,14,16). The van der Waals surface area contributed by atoms with E-state index in [1.807, 2.05) is 5.43 Å². The largest absolute Gasteiger partial charge is 0.290 e. The van der Waals surface area contributed by atoms with Crippen molar-refractivity contribution in [2.75, 3.05) is 0 Å². The average molecular weight is 237 g/mol. The summed E-state index contributed by atoms with van der Waals surface area (Å²) in [5.74, 6) is 4.64. The van der Waals surface area contributed by atoms with Gasteiger partial charge in [-0.2, -0.15) is 5.10 Å². The molecule has 1 heterocycles. The third kappa shape index (κ3) is 2.05. The van der Waals surface area contributed by atoms with E-state index in [9.17, 15) is 4.79 Å². The van der Waals surface area contributed by atoms with Crippen molar-refractivity contribution in [2.24, 2.45) is 5.84 Å². The molecule has 2 rings (SSSR count). The van der Waals surface area contributed by atoms with Crippen molar-refractivity contribution < 1.29 is 4.79 Å². The Morgan fingerprint density at radius 3 is 2.69 bits per heavy atom. The molecule has 0 saturated carbocycles. The molecule has 1 aromatic carbocycles. The molecule has 3 N–H and O–H groups in total. The normalized spacial score (nSPS) is 10.1. The van der Waals surface area contributed by atoms with Gasteiger partial charge in [0, 0.05) is 11.2 Å². The second kappa shape index (κ2) is 4.34. The Labute approximate surface area is 96.8 Å². The first kappa shape index (κ1) is 10.7. The SMILES string of the molecule is NNC(=O)c1cnn(-c2ccc(Cl)cc2)c1. The Balaban J connectivity index is 2.31. The van der Waals surface area contributed by atoms with Crippen LogP contribution in [0.4, 0.5) is 0 Å². The number of nitrogen functional groups attached to an aromatic ring is 1. The summed E-state index contributed by atoms with van der Waals surface area (Å²) in [6, 6.07) is 7.11. The van der Waals surface area contributed by atoms with Crippen LogP contribution < -0.4 is 11.3 Å². The average Bonchev–Trinajstić information content (AvgIpc) is 2.78. The van der Waals surface area contributed by atoms with E-state index in [1.54, 1.807) is 35.1 Å². The topological polar surface area (TPSA) is 72.9 Å². The molecule has 0 bridgehead atoms. The van der Waals surface area contributed by atoms with Crippen molar-refractivity contribution in [1.29, 1.82) is 0 Å². The molecule has 0 saturated heterocycles. The fourth-order valence-corrected chi connectivity index (χ4v) is 1.38. The maximum atomic E-state index is 11.2. The third-order valence-electron chi connectivity index (χ3n) is 2.07. The minimum absolute atomic E-state index is 0.375. The molecule has 1 amide bonds. The van der Waals surface area contributed by atoms with Gasteiger partial charge in [0.25, 0.3) is 5.91 Å². The van der Waals surface area contributed by atoms with Gasteiger partial charge in [0.2, 0.25) is 0 Å². The molecule has 0 spiro atoms. The predicted molar refractivity (Wildman–Crippen MR) is 60.2 cm³/mol. The van der Waals surface area contributed by atoms with Crippen LogP contribution in [0, 0.1) is 0 Å². The summed E-state index contributed by atoms with van der Waals surface area (Å²) < 4.78 is 1.57. The lowest BCUT2D eigenvalue weighted by atomic mass is 10.3. The van der Waals surface area contributed by atoms with Crippen molar-refractivity contribution in [3.63, 3.8) is 0 Å². The van der Waals surface area contributed by atoms with E-state index in [0.29, 0.717) is 10.6 Å². The molecule has 5 nitrogen and oxygen atoms in total. The van der Waals surface area contributed by atoms with Gasteiger partial charge in [0.15, 0.2) is 0 Å². The van der Waals surface area contributed by atoms with E-state index in [-0.39, 0.29) is 5.91 Å². The second-order valence-electron chi connectivity index (χ2n) is 3.12. The number of hydrogen-bond acceptors (Lipinski definition) is 3. The number of nitrogens with two attached hydrogens (primary N) is 1. The summed E-state index contributed by atoms with van der Waals surface area (Å²) in [6.07, 6.45) is 3.03. The van der Waals surface area contributed by atoms with Crippen LogP contribution in [0.25, 0.3) is 5.69 Å². The van der Waals surface area contributed by atoms with Crippen molar-refractivity contribution in [1.82, 2.24) is 15.2 Å². The number of benzene rings is 1. The minimum atomic E-state index is -0.375. The predicted octanol–water partition coefficient (Wildman–Crippen LogP) is 1.13. The van der Waals surface area contributed by atoms with Gasteiger partial charge in [-0.15, -0.1) is 0 Å². The first-order valence-corrected chi connectivity index (χ1v) is 4.90. The zero-order chi connectivity index (χ0) is 11.5. The quantitative estimate of drug-likeness (QED) is 0.466. The Morgan fingerprint density at radius 1 is 1.38 bits per heavy atom. The van der Waals surface area contributed by atoms with Crippen LogP contribution >= 0.6 is 11.6 Å². The molecule has 0 atom stereocenters. The van der Waals surface area contributed by atoms with Crippen LogP contribution in [0.3, 0.4) is 0 Å². The van der Waals surface area contributed by atoms with E-state index < -0.39 is 0 Å². The molecule has 0 radical (unpaired) electrons. The molecule has 0 unspecified atom stereocenters. The maximum absolute atomic E-state index is 11.2. The number of nitrogens with zero attached hydrogens (tertiary/aromatic N) is 2. The van der Waals surface area contributed by atoms with Crippen LogP contribution in [0.1, 0.15) is 10.4 Å². The van der Waals surface area contributed by atoms with Gasteiger partial charge in [-0.05, 0) is 24.3 Å². The number of amides is 1. The van der Waals surface area contributed by atoms with Gasteiger partial charge >= 0.3 is 0 Å². The highest BCUT2D eigenvalue weighted by Crippen LogP contribution is 2.13. The lowest BCUT2D eigenvalue weighted by molar-refractivity contribution is 0.0953. The number of hydrazine groups is 1. The van der Waals surface area contributed by atoms with Crippen LogP contribution in [0.2, 0.25) is 5.02 Å². The minimum Gasteiger partial charge on any atom is -0.290 e. The molecule has 0 aliphatic rings. The second-order valence-corrected chi connectivity index (χ2v) is 3.56. The number of carbonyl (C=O) groups excluding carboxylic acids is 1. The van der Waals surface area contributed by atoms with E-state index >= 15 is 0 Å². The van der Waals surface area contributed by atoms with Crippen LogP contribution in [0.5, 0.6) is 0 Å². The van der Waals surface area contributed by atoms with Crippen molar-refractivity contribution >= 4 is 17.5 Å². The molecule has 0 aliphatic carbocycles. The fraction of sp³-hybridized carbons (Fsp3) is 0. The van der Waals surface area contributed by atoms with Gasteiger partial charge in [-0.1, -0.05) is 11.6 Å². The Morgan fingerprint density at radius 2 is 2.06 bits per heavy atom. The van der Waals surface area contributed by atoms with Gasteiger partial charge in [0.1, 0.15) is 0 Å². The third-order valence-corrected chi connectivity index (χ3v) is 2.32. The number of carbonyl (C=O) groups is 1. The molecule has 16 heavy (non-hydrogen) atoms. The monoisotopic (exact) mass is 236 g/mol. The van der Waals surface area contributed by atoms with Gasteiger partial charge in [-0.3, -0.25) is 10.2 Å². The lowest BCUT2D eigenvalue weighted by Gasteiger charge is -2.00. The first-order valence-electron chi connectivity index (χ1n) is 4.52. The molecule has 0 fully saturated rings.